The summed E-state index contributed by atoms with van der Waals surface area (Å²) >= 11 is 11.7. The molecule has 2 aromatic heterocycles. The highest BCUT2D eigenvalue weighted by atomic mass is 35.5. The number of hydrogen-bond donors (Lipinski definition) is 0. The minimum Gasteiger partial charge on any atom is -0.289 e. The molecule has 0 fully saturated rings. The highest BCUT2D eigenvalue weighted by Gasteiger charge is 2.05. The monoisotopic (exact) mass is 276 g/mol. The van der Waals surface area contributed by atoms with Gasteiger partial charge in [-0.1, -0.05) is 29.3 Å². The summed E-state index contributed by atoms with van der Waals surface area (Å²) in [5.41, 5.74) is 0.445. The van der Waals surface area contributed by atoms with Crippen LogP contribution < -0.4 is 5.43 Å². The zero-order chi connectivity index (χ0) is 12.7. The second-order valence-corrected chi connectivity index (χ2v) is 4.67. The summed E-state index contributed by atoms with van der Waals surface area (Å²) in [6, 6.07) is 6.73. The van der Waals surface area contributed by atoms with E-state index < -0.39 is 0 Å². The SMILES string of the molecule is O=c1c2cc(Cl)ncc2ccc2ncc(Cl)cc12. The molecule has 0 bridgehead atoms. The molecule has 0 spiro atoms. The predicted octanol–water partition coefficient (Wildman–Crippen LogP) is 3.45. The van der Waals surface area contributed by atoms with Crippen LogP contribution in [-0.2, 0) is 0 Å². The van der Waals surface area contributed by atoms with E-state index in [1.54, 1.807) is 30.5 Å². The molecule has 3 nitrogen and oxygen atoms in total. The number of halogens is 2. The van der Waals surface area contributed by atoms with Crippen LogP contribution in [0.1, 0.15) is 0 Å². The summed E-state index contributed by atoms with van der Waals surface area (Å²) < 4.78 is 0. The van der Waals surface area contributed by atoms with Crippen LogP contribution in [0.3, 0.4) is 0 Å². The molecule has 88 valence electrons. The molecule has 1 aromatic carbocycles. The maximum atomic E-state index is 12.4. The van der Waals surface area contributed by atoms with Gasteiger partial charge in [0.15, 0.2) is 5.43 Å². The van der Waals surface area contributed by atoms with Crippen LogP contribution in [0.15, 0.2) is 41.5 Å². The molecule has 3 aromatic rings. The molecular weight excluding hydrogens is 271 g/mol. The minimum atomic E-state index is -0.149. The first-order valence-corrected chi connectivity index (χ1v) is 5.94. The van der Waals surface area contributed by atoms with Crippen molar-refractivity contribution in [2.75, 3.05) is 0 Å². The first kappa shape index (κ1) is 11.4. The van der Waals surface area contributed by atoms with Crippen LogP contribution in [0, 0.1) is 0 Å². The molecule has 0 unspecified atom stereocenters. The number of aromatic nitrogens is 2. The van der Waals surface area contributed by atoms with Gasteiger partial charge in [0, 0.05) is 28.6 Å². The molecule has 0 atom stereocenters. The van der Waals surface area contributed by atoms with Gasteiger partial charge in [-0.2, -0.15) is 0 Å². The van der Waals surface area contributed by atoms with Crippen LogP contribution in [0.4, 0.5) is 0 Å². The summed E-state index contributed by atoms with van der Waals surface area (Å²) in [4.78, 5) is 20.5. The molecular formula is C13H6Cl2N2O. The Morgan fingerprint density at radius 1 is 0.944 bits per heavy atom. The fraction of sp³-hybridized carbons (Fsp3) is 0. The number of rotatable bonds is 0. The van der Waals surface area contributed by atoms with Gasteiger partial charge >= 0.3 is 0 Å². The third-order valence-corrected chi connectivity index (χ3v) is 3.11. The fourth-order valence-electron chi connectivity index (χ4n) is 1.85. The second kappa shape index (κ2) is 4.19. The molecule has 0 amide bonds. The lowest BCUT2D eigenvalue weighted by Gasteiger charge is -1.93. The van der Waals surface area contributed by atoms with Crippen molar-refractivity contribution in [1.29, 1.82) is 0 Å². The first-order chi connectivity index (χ1) is 8.65. The number of hydrogen-bond acceptors (Lipinski definition) is 3. The van der Waals surface area contributed by atoms with E-state index in [9.17, 15) is 4.79 Å². The smallest absolute Gasteiger partial charge is 0.196 e. The van der Waals surface area contributed by atoms with E-state index in [4.69, 9.17) is 23.2 Å². The Kier molecular flexibility index (Phi) is 2.65. The van der Waals surface area contributed by atoms with E-state index in [-0.39, 0.29) is 10.6 Å². The Labute approximate surface area is 112 Å². The summed E-state index contributed by atoms with van der Waals surface area (Å²) in [5.74, 6) is 0. The molecule has 0 N–H and O–H groups in total. The van der Waals surface area contributed by atoms with Gasteiger partial charge in [-0.3, -0.25) is 9.78 Å². The van der Waals surface area contributed by atoms with Crippen molar-refractivity contribution in [2.24, 2.45) is 0 Å². The Morgan fingerprint density at radius 3 is 2.61 bits per heavy atom. The molecule has 18 heavy (non-hydrogen) atoms. The molecule has 0 saturated heterocycles. The second-order valence-electron chi connectivity index (χ2n) is 3.84. The average molecular weight is 277 g/mol. The molecule has 0 aliphatic carbocycles. The third kappa shape index (κ3) is 1.82. The summed E-state index contributed by atoms with van der Waals surface area (Å²) in [6.07, 6.45) is 3.08. The standard InChI is InChI=1S/C13H6Cl2N2O/c14-8-3-10-11(16-6-8)2-1-7-5-17-12(15)4-9(7)13(10)18/h1-6H. The van der Waals surface area contributed by atoms with Crippen LogP contribution in [0.2, 0.25) is 10.2 Å². The van der Waals surface area contributed by atoms with E-state index in [1.807, 2.05) is 0 Å². The van der Waals surface area contributed by atoms with Gasteiger partial charge in [0.25, 0.3) is 0 Å². The number of pyridine rings is 2. The van der Waals surface area contributed by atoms with Gasteiger partial charge < -0.3 is 0 Å². The van der Waals surface area contributed by atoms with Crippen molar-refractivity contribution in [2.45, 2.75) is 0 Å². The highest BCUT2D eigenvalue weighted by molar-refractivity contribution is 6.31. The fourth-order valence-corrected chi connectivity index (χ4v) is 2.16. The van der Waals surface area contributed by atoms with Gasteiger partial charge in [0.2, 0.25) is 0 Å². The third-order valence-electron chi connectivity index (χ3n) is 2.70. The van der Waals surface area contributed by atoms with Crippen LogP contribution in [0.5, 0.6) is 0 Å². The van der Waals surface area contributed by atoms with Crippen molar-refractivity contribution >= 4 is 44.9 Å². The lowest BCUT2D eigenvalue weighted by atomic mass is 10.2. The van der Waals surface area contributed by atoms with Crippen molar-refractivity contribution in [1.82, 2.24) is 9.97 Å². The van der Waals surface area contributed by atoms with E-state index in [2.05, 4.69) is 9.97 Å². The Morgan fingerprint density at radius 2 is 1.78 bits per heavy atom. The molecule has 0 saturated carbocycles. The van der Waals surface area contributed by atoms with Crippen LogP contribution >= 0.6 is 23.2 Å². The summed E-state index contributed by atoms with van der Waals surface area (Å²) in [6.45, 7) is 0. The van der Waals surface area contributed by atoms with Gasteiger partial charge in [-0.05, 0) is 18.2 Å². The molecule has 5 heteroatoms. The Bertz CT molecular complexity index is 766. The topological polar surface area (TPSA) is 42.9 Å². The largest absolute Gasteiger partial charge is 0.289 e. The van der Waals surface area contributed by atoms with E-state index in [0.29, 0.717) is 21.3 Å². The average Bonchev–Trinajstić information content (AvgIpc) is 2.49. The molecule has 0 aliphatic rings. The Balaban J connectivity index is 2.62. The molecule has 0 aliphatic heterocycles. The highest BCUT2D eigenvalue weighted by Crippen LogP contribution is 2.18. The maximum absolute atomic E-state index is 12.4. The number of nitrogens with zero attached hydrogens (tertiary/aromatic N) is 2. The zero-order valence-electron chi connectivity index (χ0n) is 9.02. The predicted molar refractivity (Wildman–Crippen MR) is 73.3 cm³/mol. The van der Waals surface area contributed by atoms with Gasteiger partial charge in [0.1, 0.15) is 5.15 Å². The zero-order valence-corrected chi connectivity index (χ0v) is 10.5. The van der Waals surface area contributed by atoms with E-state index in [1.165, 1.54) is 6.20 Å². The molecule has 2 heterocycles. The Hall–Kier alpha value is -1.71. The maximum Gasteiger partial charge on any atom is 0.196 e. The van der Waals surface area contributed by atoms with Crippen LogP contribution in [-0.4, -0.2) is 9.97 Å². The summed E-state index contributed by atoms with van der Waals surface area (Å²) in [7, 11) is 0. The van der Waals surface area contributed by atoms with Gasteiger partial charge in [0.05, 0.1) is 10.5 Å². The quantitative estimate of drug-likeness (QED) is 0.591. The molecule has 0 radical (unpaired) electrons. The van der Waals surface area contributed by atoms with Crippen molar-refractivity contribution in [3.8, 4) is 0 Å². The van der Waals surface area contributed by atoms with Crippen molar-refractivity contribution < 1.29 is 0 Å². The van der Waals surface area contributed by atoms with Crippen molar-refractivity contribution in [3.05, 3.63) is 57.1 Å². The van der Waals surface area contributed by atoms with Crippen LogP contribution in [0.25, 0.3) is 21.7 Å². The van der Waals surface area contributed by atoms with Crippen molar-refractivity contribution in [3.63, 3.8) is 0 Å². The minimum absolute atomic E-state index is 0.149. The number of fused-ring (bicyclic) bond motifs is 2. The summed E-state index contributed by atoms with van der Waals surface area (Å²) in [5, 5.41) is 2.42. The first-order valence-electron chi connectivity index (χ1n) is 5.19. The van der Waals surface area contributed by atoms with Gasteiger partial charge in [-0.25, -0.2) is 4.98 Å². The van der Waals surface area contributed by atoms with E-state index >= 15 is 0 Å². The van der Waals surface area contributed by atoms with E-state index in [0.717, 1.165) is 5.39 Å². The van der Waals surface area contributed by atoms with Gasteiger partial charge in [-0.15, -0.1) is 0 Å². The molecule has 3 rings (SSSR count). The lowest BCUT2D eigenvalue weighted by Crippen LogP contribution is -1.99. The lowest BCUT2D eigenvalue weighted by molar-refractivity contribution is 1.36. The normalized spacial score (nSPS) is 11.0.